The highest BCUT2D eigenvalue weighted by atomic mass is 16.3. The first kappa shape index (κ1) is 12.0. The lowest BCUT2D eigenvalue weighted by atomic mass is 10.1. The first-order valence-corrected chi connectivity index (χ1v) is 5.74. The molecule has 84 valence electrons. The highest BCUT2D eigenvalue weighted by molar-refractivity contribution is 4.81. The molecule has 0 radical (unpaired) electrons. The maximum atomic E-state index is 9.20. The number of aliphatic hydroxyl groups is 1. The molecule has 1 heterocycles. The molecule has 0 aliphatic carbocycles. The summed E-state index contributed by atoms with van der Waals surface area (Å²) < 4.78 is 0. The highest BCUT2D eigenvalue weighted by Gasteiger charge is 2.25. The van der Waals surface area contributed by atoms with Gasteiger partial charge in [0.25, 0.3) is 0 Å². The number of rotatable bonds is 3. The van der Waals surface area contributed by atoms with Crippen molar-refractivity contribution in [2.24, 2.45) is 0 Å². The number of nitrogens with zero attached hydrogens (tertiary/aromatic N) is 2. The van der Waals surface area contributed by atoms with Gasteiger partial charge in [0.15, 0.2) is 0 Å². The monoisotopic (exact) mass is 200 g/mol. The fourth-order valence-corrected chi connectivity index (χ4v) is 2.31. The molecule has 1 fully saturated rings. The molecule has 3 nitrogen and oxygen atoms in total. The fourth-order valence-electron chi connectivity index (χ4n) is 2.31. The quantitative estimate of drug-likeness (QED) is 0.729. The predicted octanol–water partition coefficient (Wildman–Crippen LogP) is 0.783. The van der Waals surface area contributed by atoms with Gasteiger partial charge >= 0.3 is 0 Å². The van der Waals surface area contributed by atoms with Crippen molar-refractivity contribution in [1.29, 1.82) is 0 Å². The lowest BCUT2D eigenvalue weighted by molar-refractivity contribution is 0.0911. The van der Waals surface area contributed by atoms with Gasteiger partial charge in [-0.25, -0.2) is 0 Å². The maximum Gasteiger partial charge on any atom is 0.0584 e. The van der Waals surface area contributed by atoms with Crippen LogP contribution in [0.15, 0.2) is 0 Å². The van der Waals surface area contributed by atoms with E-state index in [1.165, 1.54) is 19.4 Å². The van der Waals surface area contributed by atoms with Gasteiger partial charge in [0.2, 0.25) is 0 Å². The molecule has 0 aromatic heterocycles. The van der Waals surface area contributed by atoms with Crippen LogP contribution < -0.4 is 0 Å². The molecule has 0 spiro atoms. The molecule has 0 bridgehead atoms. The summed E-state index contributed by atoms with van der Waals surface area (Å²) in [6.45, 7) is 8.09. The average molecular weight is 200 g/mol. The normalized spacial score (nSPS) is 28.7. The van der Waals surface area contributed by atoms with E-state index >= 15 is 0 Å². The van der Waals surface area contributed by atoms with Crippen LogP contribution in [0.1, 0.15) is 26.7 Å². The van der Waals surface area contributed by atoms with Crippen molar-refractivity contribution < 1.29 is 5.11 Å². The van der Waals surface area contributed by atoms with Crippen LogP contribution in [0, 0.1) is 0 Å². The van der Waals surface area contributed by atoms with Gasteiger partial charge in [-0.05, 0) is 33.4 Å². The van der Waals surface area contributed by atoms with Crippen LogP contribution in [0.4, 0.5) is 0 Å². The molecule has 14 heavy (non-hydrogen) atoms. The van der Waals surface area contributed by atoms with Gasteiger partial charge in [0, 0.05) is 25.2 Å². The van der Waals surface area contributed by atoms with E-state index in [9.17, 15) is 5.11 Å². The van der Waals surface area contributed by atoms with Gasteiger partial charge in [-0.15, -0.1) is 0 Å². The van der Waals surface area contributed by atoms with Crippen LogP contribution in [0.2, 0.25) is 0 Å². The van der Waals surface area contributed by atoms with Gasteiger partial charge < -0.3 is 10.0 Å². The predicted molar refractivity (Wildman–Crippen MR) is 59.4 cm³/mol. The highest BCUT2D eigenvalue weighted by Crippen LogP contribution is 2.14. The number of aliphatic hydroxyl groups excluding tert-OH is 1. The molecule has 3 heteroatoms. The minimum absolute atomic E-state index is 0.278. The Morgan fingerprint density at radius 2 is 2.14 bits per heavy atom. The molecular weight excluding hydrogens is 176 g/mol. The van der Waals surface area contributed by atoms with Crippen LogP contribution in [0.5, 0.6) is 0 Å². The van der Waals surface area contributed by atoms with Crippen molar-refractivity contribution in [2.75, 3.05) is 33.3 Å². The molecule has 1 rings (SSSR count). The van der Waals surface area contributed by atoms with Crippen molar-refractivity contribution in [3.8, 4) is 0 Å². The third-order valence-corrected chi connectivity index (χ3v) is 3.25. The molecule has 0 aromatic rings. The Hall–Kier alpha value is -0.120. The summed E-state index contributed by atoms with van der Waals surface area (Å²) in [5.41, 5.74) is 0. The van der Waals surface area contributed by atoms with E-state index in [0.29, 0.717) is 12.1 Å². The topological polar surface area (TPSA) is 26.7 Å². The van der Waals surface area contributed by atoms with Gasteiger partial charge in [0.05, 0.1) is 6.61 Å². The number of hydrogen-bond donors (Lipinski definition) is 1. The van der Waals surface area contributed by atoms with Crippen molar-refractivity contribution in [3.63, 3.8) is 0 Å². The Kier molecular flexibility index (Phi) is 4.85. The Labute approximate surface area is 87.7 Å². The Bertz CT molecular complexity index is 163. The molecule has 1 N–H and O–H groups in total. The Morgan fingerprint density at radius 3 is 2.71 bits per heavy atom. The van der Waals surface area contributed by atoms with E-state index in [4.69, 9.17) is 0 Å². The van der Waals surface area contributed by atoms with E-state index < -0.39 is 0 Å². The molecule has 1 aliphatic rings. The summed E-state index contributed by atoms with van der Waals surface area (Å²) >= 11 is 0. The summed E-state index contributed by atoms with van der Waals surface area (Å²) in [6, 6.07) is 0.927. The second-order valence-corrected chi connectivity index (χ2v) is 4.45. The van der Waals surface area contributed by atoms with E-state index in [0.717, 1.165) is 13.1 Å². The minimum Gasteiger partial charge on any atom is -0.395 e. The van der Waals surface area contributed by atoms with Crippen LogP contribution >= 0.6 is 0 Å². The first-order chi connectivity index (χ1) is 6.69. The van der Waals surface area contributed by atoms with Crippen molar-refractivity contribution >= 4 is 0 Å². The Morgan fingerprint density at radius 1 is 1.43 bits per heavy atom. The molecule has 0 amide bonds. The largest absolute Gasteiger partial charge is 0.395 e. The number of hydrogen-bond acceptors (Lipinski definition) is 3. The standard InChI is InChI=1S/C11H24N2O/c1-4-11-8-12(3)6-5-7-13(11)10(2)9-14/h10-11,14H,4-9H2,1-3H3. The molecule has 1 saturated heterocycles. The third kappa shape index (κ3) is 2.94. The van der Waals surface area contributed by atoms with Gasteiger partial charge in [-0.2, -0.15) is 0 Å². The molecule has 1 aliphatic heterocycles. The molecule has 0 saturated carbocycles. The molecular formula is C11H24N2O. The lowest BCUT2D eigenvalue weighted by Gasteiger charge is -2.34. The van der Waals surface area contributed by atoms with Gasteiger partial charge in [-0.3, -0.25) is 4.90 Å². The summed E-state index contributed by atoms with van der Waals surface area (Å²) in [7, 11) is 2.19. The summed E-state index contributed by atoms with van der Waals surface area (Å²) in [5, 5.41) is 9.20. The second kappa shape index (κ2) is 5.69. The molecule has 0 aromatic carbocycles. The Balaban J connectivity index is 2.60. The summed E-state index contributed by atoms with van der Waals surface area (Å²) in [4.78, 5) is 4.86. The van der Waals surface area contributed by atoms with E-state index in [1.54, 1.807) is 0 Å². The average Bonchev–Trinajstić information content (AvgIpc) is 2.38. The minimum atomic E-state index is 0.278. The van der Waals surface area contributed by atoms with Crippen LogP contribution in [0.25, 0.3) is 0 Å². The lowest BCUT2D eigenvalue weighted by Crippen LogP contribution is -2.46. The van der Waals surface area contributed by atoms with Gasteiger partial charge in [-0.1, -0.05) is 6.92 Å². The first-order valence-electron chi connectivity index (χ1n) is 5.74. The van der Waals surface area contributed by atoms with Crippen LogP contribution in [-0.2, 0) is 0 Å². The molecule has 2 atom stereocenters. The molecule has 2 unspecified atom stereocenters. The summed E-state index contributed by atoms with van der Waals surface area (Å²) in [6.07, 6.45) is 2.39. The zero-order valence-electron chi connectivity index (χ0n) is 9.74. The smallest absolute Gasteiger partial charge is 0.0584 e. The van der Waals surface area contributed by atoms with E-state index in [1.807, 2.05) is 0 Å². The third-order valence-electron chi connectivity index (χ3n) is 3.25. The maximum absolute atomic E-state index is 9.20. The fraction of sp³-hybridized carbons (Fsp3) is 1.00. The van der Waals surface area contributed by atoms with Crippen LogP contribution in [-0.4, -0.2) is 60.3 Å². The van der Waals surface area contributed by atoms with E-state index in [2.05, 4.69) is 30.7 Å². The van der Waals surface area contributed by atoms with Gasteiger partial charge in [0.1, 0.15) is 0 Å². The van der Waals surface area contributed by atoms with E-state index in [-0.39, 0.29) is 6.61 Å². The zero-order chi connectivity index (χ0) is 10.6. The van der Waals surface area contributed by atoms with Crippen molar-refractivity contribution in [2.45, 2.75) is 38.8 Å². The SMILES string of the molecule is CCC1CN(C)CCCN1C(C)CO. The summed E-state index contributed by atoms with van der Waals surface area (Å²) in [5.74, 6) is 0. The van der Waals surface area contributed by atoms with Crippen molar-refractivity contribution in [1.82, 2.24) is 9.80 Å². The number of likely N-dealkylation sites (N-methyl/N-ethyl adjacent to an activating group) is 1. The van der Waals surface area contributed by atoms with Crippen molar-refractivity contribution in [3.05, 3.63) is 0 Å². The van der Waals surface area contributed by atoms with Crippen LogP contribution in [0.3, 0.4) is 0 Å². The second-order valence-electron chi connectivity index (χ2n) is 4.45. The zero-order valence-corrected chi connectivity index (χ0v) is 9.74.